The van der Waals surface area contributed by atoms with Gasteiger partial charge in [-0.3, -0.25) is 4.79 Å². The van der Waals surface area contributed by atoms with Gasteiger partial charge in [-0.05, 0) is 31.1 Å². The van der Waals surface area contributed by atoms with Gasteiger partial charge in [0, 0.05) is 25.7 Å². The number of rotatable bonds is 3. The van der Waals surface area contributed by atoms with Crippen molar-refractivity contribution < 1.29 is 9.90 Å². The fourth-order valence-electron chi connectivity index (χ4n) is 3.29. The predicted octanol–water partition coefficient (Wildman–Crippen LogP) is 0.766. The molecule has 3 unspecified atom stereocenters. The number of hydrogen-bond donors (Lipinski definition) is 2. The summed E-state index contributed by atoms with van der Waals surface area (Å²) in [6.45, 7) is 6.66. The van der Waals surface area contributed by atoms with Crippen molar-refractivity contribution in [1.29, 1.82) is 0 Å². The maximum atomic E-state index is 11.3. The van der Waals surface area contributed by atoms with Crippen LogP contribution in [0, 0.1) is 17.3 Å². The van der Waals surface area contributed by atoms with Crippen LogP contribution in [0.4, 0.5) is 0 Å². The molecule has 1 aliphatic carbocycles. The van der Waals surface area contributed by atoms with Crippen LogP contribution in [0.15, 0.2) is 0 Å². The second kappa shape index (κ2) is 4.00. The molecular weight excluding hydrogens is 204 g/mol. The number of nitrogens with two attached hydrogens (primary N) is 1. The Balaban J connectivity index is 2.07. The number of carboxylic acid groups (broad SMARTS) is 1. The van der Waals surface area contributed by atoms with Crippen LogP contribution in [-0.2, 0) is 4.79 Å². The number of carboxylic acids is 1. The highest BCUT2D eigenvalue weighted by atomic mass is 16.4. The summed E-state index contributed by atoms with van der Waals surface area (Å²) in [5.74, 6) is -0.324. The summed E-state index contributed by atoms with van der Waals surface area (Å²) in [6.07, 6.45) is 2.19. The maximum absolute atomic E-state index is 11.3. The number of carbonyl (C=O) groups is 1. The molecule has 2 rings (SSSR count). The van der Waals surface area contributed by atoms with Gasteiger partial charge in [0.05, 0.1) is 5.92 Å². The SMILES string of the molecule is CC(N)CN1CC(C)C2(CC2)C(C(=O)O)C1. The van der Waals surface area contributed by atoms with Crippen LogP contribution < -0.4 is 5.73 Å². The lowest BCUT2D eigenvalue weighted by atomic mass is 9.75. The molecule has 92 valence electrons. The number of aliphatic carboxylic acids is 1. The number of piperidine rings is 1. The zero-order valence-corrected chi connectivity index (χ0v) is 10.1. The second-order valence-electron chi connectivity index (χ2n) is 5.72. The van der Waals surface area contributed by atoms with E-state index in [-0.39, 0.29) is 17.4 Å². The summed E-state index contributed by atoms with van der Waals surface area (Å²) in [5, 5.41) is 9.33. The van der Waals surface area contributed by atoms with Crippen LogP contribution in [0.3, 0.4) is 0 Å². The van der Waals surface area contributed by atoms with E-state index in [9.17, 15) is 9.90 Å². The van der Waals surface area contributed by atoms with Crippen LogP contribution in [0.25, 0.3) is 0 Å². The topological polar surface area (TPSA) is 66.6 Å². The Kier molecular flexibility index (Phi) is 2.97. The van der Waals surface area contributed by atoms with Crippen molar-refractivity contribution in [2.24, 2.45) is 23.0 Å². The Labute approximate surface area is 96.8 Å². The van der Waals surface area contributed by atoms with E-state index in [1.807, 2.05) is 6.92 Å². The first-order valence-corrected chi connectivity index (χ1v) is 6.16. The molecule has 1 saturated carbocycles. The largest absolute Gasteiger partial charge is 0.481 e. The third kappa shape index (κ3) is 1.96. The highest BCUT2D eigenvalue weighted by Gasteiger charge is 2.58. The van der Waals surface area contributed by atoms with Gasteiger partial charge in [0.15, 0.2) is 0 Å². The molecule has 0 radical (unpaired) electrons. The lowest BCUT2D eigenvalue weighted by molar-refractivity contribution is -0.148. The van der Waals surface area contributed by atoms with E-state index in [1.165, 1.54) is 0 Å². The van der Waals surface area contributed by atoms with Crippen LogP contribution in [-0.4, -0.2) is 41.7 Å². The summed E-state index contributed by atoms with van der Waals surface area (Å²) in [4.78, 5) is 13.5. The molecular formula is C12H22N2O2. The van der Waals surface area contributed by atoms with E-state index < -0.39 is 5.97 Å². The Morgan fingerprint density at radius 3 is 2.62 bits per heavy atom. The molecule has 2 aliphatic rings. The van der Waals surface area contributed by atoms with E-state index in [2.05, 4.69) is 11.8 Å². The number of hydrogen-bond acceptors (Lipinski definition) is 3. The van der Waals surface area contributed by atoms with Gasteiger partial charge in [-0.2, -0.15) is 0 Å². The van der Waals surface area contributed by atoms with Crippen LogP contribution in [0.1, 0.15) is 26.7 Å². The predicted molar refractivity (Wildman–Crippen MR) is 62.0 cm³/mol. The quantitative estimate of drug-likeness (QED) is 0.746. The van der Waals surface area contributed by atoms with Gasteiger partial charge >= 0.3 is 5.97 Å². The Morgan fingerprint density at radius 2 is 2.19 bits per heavy atom. The van der Waals surface area contributed by atoms with Crippen LogP contribution in [0.5, 0.6) is 0 Å². The summed E-state index contributed by atoms with van der Waals surface area (Å²) >= 11 is 0. The van der Waals surface area contributed by atoms with Crippen molar-refractivity contribution in [3.05, 3.63) is 0 Å². The van der Waals surface area contributed by atoms with E-state index in [1.54, 1.807) is 0 Å². The number of likely N-dealkylation sites (tertiary alicyclic amines) is 1. The Hall–Kier alpha value is -0.610. The van der Waals surface area contributed by atoms with Gasteiger partial charge in [-0.15, -0.1) is 0 Å². The maximum Gasteiger partial charge on any atom is 0.308 e. The fourth-order valence-corrected chi connectivity index (χ4v) is 3.29. The van der Waals surface area contributed by atoms with Gasteiger partial charge in [0.1, 0.15) is 0 Å². The van der Waals surface area contributed by atoms with Crippen molar-refractivity contribution in [2.75, 3.05) is 19.6 Å². The van der Waals surface area contributed by atoms with Crippen molar-refractivity contribution in [3.8, 4) is 0 Å². The first-order valence-electron chi connectivity index (χ1n) is 6.16. The monoisotopic (exact) mass is 226 g/mol. The van der Waals surface area contributed by atoms with E-state index in [0.29, 0.717) is 12.5 Å². The van der Waals surface area contributed by atoms with Gasteiger partial charge < -0.3 is 15.7 Å². The molecule has 1 aliphatic heterocycles. The minimum absolute atomic E-state index is 0.111. The van der Waals surface area contributed by atoms with Crippen molar-refractivity contribution in [2.45, 2.75) is 32.7 Å². The van der Waals surface area contributed by atoms with Gasteiger partial charge in [0.25, 0.3) is 0 Å². The molecule has 0 aromatic carbocycles. The molecule has 4 nitrogen and oxygen atoms in total. The van der Waals surface area contributed by atoms with E-state index in [0.717, 1.165) is 25.9 Å². The molecule has 4 heteroatoms. The molecule has 0 aromatic heterocycles. The van der Waals surface area contributed by atoms with Crippen LogP contribution in [0.2, 0.25) is 0 Å². The molecule has 0 bridgehead atoms. The van der Waals surface area contributed by atoms with E-state index >= 15 is 0 Å². The zero-order valence-electron chi connectivity index (χ0n) is 10.1. The number of nitrogens with zero attached hydrogens (tertiary/aromatic N) is 1. The standard InChI is InChI=1S/C12H22N2O2/c1-8-5-14(6-9(2)13)7-10(11(15)16)12(8)3-4-12/h8-10H,3-7,13H2,1-2H3,(H,15,16). The molecule has 0 aromatic rings. The molecule has 3 atom stereocenters. The lowest BCUT2D eigenvalue weighted by Crippen LogP contribution is -2.51. The summed E-state index contributed by atoms with van der Waals surface area (Å²) < 4.78 is 0. The highest BCUT2D eigenvalue weighted by molar-refractivity contribution is 5.72. The summed E-state index contributed by atoms with van der Waals surface area (Å²) in [7, 11) is 0. The zero-order chi connectivity index (χ0) is 11.9. The van der Waals surface area contributed by atoms with Gasteiger partial charge in [-0.25, -0.2) is 0 Å². The molecule has 0 amide bonds. The lowest BCUT2D eigenvalue weighted by Gasteiger charge is -2.42. The minimum atomic E-state index is -0.626. The Morgan fingerprint density at radius 1 is 1.56 bits per heavy atom. The first-order chi connectivity index (χ1) is 7.45. The van der Waals surface area contributed by atoms with Gasteiger partial charge in [-0.1, -0.05) is 6.92 Å². The molecule has 16 heavy (non-hydrogen) atoms. The van der Waals surface area contributed by atoms with Crippen molar-refractivity contribution in [1.82, 2.24) is 4.90 Å². The summed E-state index contributed by atoms with van der Waals surface area (Å²) in [6, 6.07) is 0.120. The molecule has 1 saturated heterocycles. The van der Waals surface area contributed by atoms with Crippen molar-refractivity contribution >= 4 is 5.97 Å². The smallest absolute Gasteiger partial charge is 0.308 e. The van der Waals surface area contributed by atoms with Crippen LogP contribution >= 0.6 is 0 Å². The average Bonchev–Trinajstić information content (AvgIpc) is 2.91. The third-order valence-electron chi connectivity index (χ3n) is 4.32. The van der Waals surface area contributed by atoms with Gasteiger partial charge in [0.2, 0.25) is 0 Å². The highest BCUT2D eigenvalue weighted by Crippen LogP contribution is 2.59. The molecule has 1 heterocycles. The molecule has 3 N–H and O–H groups in total. The summed E-state index contributed by atoms with van der Waals surface area (Å²) in [5.41, 5.74) is 5.90. The van der Waals surface area contributed by atoms with E-state index in [4.69, 9.17) is 5.73 Å². The average molecular weight is 226 g/mol. The van der Waals surface area contributed by atoms with Crippen molar-refractivity contribution in [3.63, 3.8) is 0 Å². The normalized spacial score (nSPS) is 34.9. The second-order valence-corrected chi connectivity index (χ2v) is 5.72. The Bertz CT molecular complexity index is 287. The fraction of sp³-hybridized carbons (Fsp3) is 0.917. The minimum Gasteiger partial charge on any atom is -0.481 e. The molecule has 1 spiro atoms. The molecule has 2 fully saturated rings. The third-order valence-corrected chi connectivity index (χ3v) is 4.32. The first kappa shape index (κ1) is 11.9.